The molecule has 0 aliphatic rings. The van der Waals surface area contributed by atoms with Crippen LogP contribution in [0.2, 0.25) is 0 Å². The summed E-state index contributed by atoms with van der Waals surface area (Å²) in [5.74, 6) is 2.60. The van der Waals surface area contributed by atoms with Gasteiger partial charge in [0.25, 0.3) is 0 Å². The standard InChI is InChI=1S/C19H22N2/c1-4-13-20-19-18(8-7-15-21(19)14-5-2)17-11-9-16(6-3)10-12-17/h1,7-12,15H,5-6,13-14H2,2-3H3. The van der Waals surface area contributed by atoms with Crippen LogP contribution in [0, 0.1) is 12.3 Å². The predicted octanol–water partition coefficient (Wildman–Crippen LogP) is 3.66. The van der Waals surface area contributed by atoms with Gasteiger partial charge in [0.05, 0.1) is 0 Å². The molecule has 0 bridgehead atoms. The summed E-state index contributed by atoms with van der Waals surface area (Å²) in [6.45, 7) is 5.69. The minimum absolute atomic E-state index is 0.410. The fourth-order valence-corrected chi connectivity index (χ4v) is 2.41. The van der Waals surface area contributed by atoms with Crippen molar-refractivity contribution in [1.29, 1.82) is 0 Å². The second-order valence-electron chi connectivity index (χ2n) is 5.01. The molecule has 21 heavy (non-hydrogen) atoms. The monoisotopic (exact) mass is 278 g/mol. The molecule has 0 aliphatic carbocycles. The molecule has 0 saturated carbocycles. The third kappa shape index (κ3) is 3.64. The predicted molar refractivity (Wildman–Crippen MR) is 88.8 cm³/mol. The van der Waals surface area contributed by atoms with Gasteiger partial charge in [-0.15, -0.1) is 6.42 Å². The largest absolute Gasteiger partial charge is 0.333 e. The molecule has 1 heterocycles. The molecule has 2 aromatic rings. The molecule has 0 unspecified atom stereocenters. The quantitative estimate of drug-likeness (QED) is 0.743. The van der Waals surface area contributed by atoms with Gasteiger partial charge in [-0.25, -0.2) is 0 Å². The number of aryl methyl sites for hydroxylation is 2. The zero-order valence-corrected chi connectivity index (χ0v) is 12.8. The molecule has 0 aliphatic heterocycles. The number of hydrogen-bond donors (Lipinski definition) is 0. The van der Waals surface area contributed by atoms with Crippen LogP contribution in [0.1, 0.15) is 25.8 Å². The Balaban J connectivity index is 2.56. The third-order valence-corrected chi connectivity index (χ3v) is 3.50. The lowest BCUT2D eigenvalue weighted by molar-refractivity contribution is 0.642. The van der Waals surface area contributed by atoms with Crippen LogP contribution in [0.3, 0.4) is 0 Å². The van der Waals surface area contributed by atoms with E-state index in [-0.39, 0.29) is 0 Å². The average Bonchev–Trinajstić information content (AvgIpc) is 2.54. The van der Waals surface area contributed by atoms with Crippen LogP contribution in [0.15, 0.2) is 47.6 Å². The number of rotatable bonds is 5. The molecule has 0 radical (unpaired) electrons. The van der Waals surface area contributed by atoms with E-state index in [0.29, 0.717) is 6.54 Å². The molecule has 0 atom stereocenters. The van der Waals surface area contributed by atoms with Crippen LogP contribution in [0.25, 0.3) is 11.1 Å². The minimum atomic E-state index is 0.410. The Morgan fingerprint density at radius 1 is 1.14 bits per heavy atom. The van der Waals surface area contributed by atoms with Gasteiger partial charge < -0.3 is 4.57 Å². The summed E-state index contributed by atoms with van der Waals surface area (Å²) in [6.07, 6.45) is 9.57. The number of aromatic nitrogens is 1. The molecule has 0 fully saturated rings. The second-order valence-corrected chi connectivity index (χ2v) is 5.01. The molecule has 0 saturated heterocycles. The van der Waals surface area contributed by atoms with Crippen molar-refractivity contribution in [2.45, 2.75) is 33.2 Å². The van der Waals surface area contributed by atoms with Gasteiger partial charge >= 0.3 is 0 Å². The molecule has 0 N–H and O–H groups in total. The highest BCUT2D eigenvalue weighted by Crippen LogP contribution is 2.16. The summed E-state index contributed by atoms with van der Waals surface area (Å²) in [5.41, 5.74) is 4.65. The normalized spacial score (nSPS) is 11.4. The van der Waals surface area contributed by atoms with Gasteiger partial charge in [0.15, 0.2) is 0 Å². The Hall–Kier alpha value is -2.27. The van der Waals surface area contributed by atoms with Crippen LogP contribution in [-0.4, -0.2) is 11.1 Å². The van der Waals surface area contributed by atoms with Gasteiger partial charge in [-0.05, 0) is 36.1 Å². The van der Waals surface area contributed by atoms with E-state index in [1.54, 1.807) is 0 Å². The average molecular weight is 278 g/mol. The first-order chi connectivity index (χ1) is 10.3. The minimum Gasteiger partial charge on any atom is -0.333 e. The fourth-order valence-electron chi connectivity index (χ4n) is 2.41. The number of nitrogens with zero attached hydrogens (tertiary/aromatic N) is 2. The van der Waals surface area contributed by atoms with Gasteiger partial charge in [-0.1, -0.05) is 44.0 Å². The van der Waals surface area contributed by atoms with Crippen molar-refractivity contribution in [3.05, 3.63) is 53.6 Å². The molecule has 1 aromatic carbocycles. The molecule has 2 rings (SSSR count). The van der Waals surface area contributed by atoms with Gasteiger partial charge in [0, 0.05) is 18.3 Å². The molecule has 0 amide bonds. The molecule has 0 spiro atoms. The van der Waals surface area contributed by atoms with Crippen molar-refractivity contribution in [3.8, 4) is 23.5 Å². The summed E-state index contributed by atoms with van der Waals surface area (Å²) in [5, 5.41) is 0. The van der Waals surface area contributed by atoms with Gasteiger partial charge in [-0.3, -0.25) is 4.99 Å². The summed E-state index contributed by atoms with van der Waals surface area (Å²) >= 11 is 0. The fraction of sp³-hybridized carbons (Fsp3) is 0.316. The first-order valence-corrected chi connectivity index (χ1v) is 7.52. The molecular weight excluding hydrogens is 256 g/mol. The van der Waals surface area contributed by atoms with E-state index in [2.05, 4.69) is 71.9 Å². The number of benzene rings is 1. The Morgan fingerprint density at radius 2 is 1.90 bits per heavy atom. The van der Waals surface area contributed by atoms with E-state index in [0.717, 1.165) is 30.4 Å². The number of hydrogen-bond acceptors (Lipinski definition) is 1. The molecular formula is C19H22N2. The van der Waals surface area contributed by atoms with Crippen molar-refractivity contribution < 1.29 is 0 Å². The third-order valence-electron chi connectivity index (χ3n) is 3.50. The van der Waals surface area contributed by atoms with Crippen LogP contribution in [0.4, 0.5) is 0 Å². The van der Waals surface area contributed by atoms with E-state index in [1.807, 2.05) is 0 Å². The van der Waals surface area contributed by atoms with E-state index in [1.165, 1.54) is 11.1 Å². The molecule has 2 nitrogen and oxygen atoms in total. The van der Waals surface area contributed by atoms with Gasteiger partial charge in [0.1, 0.15) is 12.0 Å². The summed E-state index contributed by atoms with van der Waals surface area (Å²) < 4.78 is 2.18. The Bertz CT molecular complexity index is 685. The summed E-state index contributed by atoms with van der Waals surface area (Å²) in [7, 11) is 0. The lowest BCUT2D eigenvalue weighted by atomic mass is 10.0. The summed E-state index contributed by atoms with van der Waals surface area (Å²) in [6, 6.07) is 12.9. The highest BCUT2D eigenvalue weighted by Gasteiger charge is 2.04. The SMILES string of the molecule is C#CCN=c1c(-c2ccc(CC)cc2)cccn1CCC. The lowest BCUT2D eigenvalue weighted by Crippen LogP contribution is -2.23. The van der Waals surface area contributed by atoms with Crippen LogP contribution >= 0.6 is 0 Å². The van der Waals surface area contributed by atoms with Crippen LogP contribution < -0.4 is 5.49 Å². The highest BCUT2D eigenvalue weighted by atomic mass is 15.0. The van der Waals surface area contributed by atoms with Crippen molar-refractivity contribution in [2.75, 3.05) is 6.54 Å². The second kappa shape index (κ2) is 7.50. The van der Waals surface area contributed by atoms with E-state index in [9.17, 15) is 0 Å². The number of pyridine rings is 1. The summed E-state index contributed by atoms with van der Waals surface area (Å²) in [4.78, 5) is 4.59. The Labute approximate surface area is 127 Å². The van der Waals surface area contributed by atoms with Crippen molar-refractivity contribution >= 4 is 0 Å². The van der Waals surface area contributed by atoms with E-state index in [4.69, 9.17) is 6.42 Å². The maximum absolute atomic E-state index is 5.37. The van der Waals surface area contributed by atoms with Crippen molar-refractivity contribution in [1.82, 2.24) is 4.57 Å². The number of terminal acetylenes is 1. The first kappa shape index (κ1) is 15.1. The molecule has 2 heteroatoms. The first-order valence-electron chi connectivity index (χ1n) is 7.52. The zero-order valence-electron chi connectivity index (χ0n) is 12.8. The Morgan fingerprint density at radius 3 is 2.52 bits per heavy atom. The van der Waals surface area contributed by atoms with Gasteiger partial charge in [-0.2, -0.15) is 0 Å². The van der Waals surface area contributed by atoms with E-state index < -0.39 is 0 Å². The van der Waals surface area contributed by atoms with Gasteiger partial charge in [0.2, 0.25) is 0 Å². The molecule has 108 valence electrons. The van der Waals surface area contributed by atoms with E-state index >= 15 is 0 Å². The lowest BCUT2D eigenvalue weighted by Gasteiger charge is -2.11. The van der Waals surface area contributed by atoms with Crippen LogP contribution in [0.5, 0.6) is 0 Å². The zero-order chi connectivity index (χ0) is 15.1. The molecule has 1 aromatic heterocycles. The highest BCUT2D eigenvalue weighted by molar-refractivity contribution is 5.62. The van der Waals surface area contributed by atoms with Crippen molar-refractivity contribution in [2.24, 2.45) is 4.99 Å². The smallest absolute Gasteiger partial charge is 0.136 e. The van der Waals surface area contributed by atoms with Crippen LogP contribution in [-0.2, 0) is 13.0 Å². The topological polar surface area (TPSA) is 17.3 Å². The van der Waals surface area contributed by atoms with Crippen molar-refractivity contribution in [3.63, 3.8) is 0 Å². The maximum atomic E-state index is 5.37. The maximum Gasteiger partial charge on any atom is 0.136 e. The Kier molecular flexibility index (Phi) is 5.40.